The topological polar surface area (TPSA) is 43.1 Å². The Morgan fingerprint density at radius 2 is 1.93 bits per heavy atom. The van der Waals surface area contributed by atoms with Crippen molar-refractivity contribution < 1.29 is 4.92 Å². The van der Waals surface area contributed by atoms with Gasteiger partial charge in [0.2, 0.25) is 0 Å². The van der Waals surface area contributed by atoms with Crippen LogP contribution in [0.1, 0.15) is 0 Å². The number of halogens is 2. The molecule has 0 aliphatic heterocycles. The van der Waals surface area contributed by atoms with Gasteiger partial charge < -0.3 is 0 Å². The number of rotatable bonds is 1. The summed E-state index contributed by atoms with van der Waals surface area (Å²) in [5.74, 6) is 0. The average molecular weight is 248 g/mol. The Labute approximate surface area is 93.0 Å². The molecule has 0 atom stereocenters. The largest absolute Gasteiger partial charge is 0.289 e. The highest BCUT2D eigenvalue weighted by atomic mass is 35.5. The van der Waals surface area contributed by atoms with Gasteiger partial charge in [0, 0.05) is 0 Å². The number of hydrogen-bond acceptors (Lipinski definition) is 3. The van der Waals surface area contributed by atoms with Crippen molar-refractivity contribution in [3.63, 3.8) is 0 Å². The van der Waals surface area contributed by atoms with E-state index in [4.69, 9.17) is 23.2 Å². The Kier molecular flexibility index (Phi) is 2.34. The molecule has 2 rings (SSSR count). The van der Waals surface area contributed by atoms with Crippen molar-refractivity contribution in [2.75, 3.05) is 0 Å². The standard InChI is InChI=1S/C8H3Cl2NO2S/c9-4-1-2-5(10)8-7(4)6(3-14-8)11(12)13/h1-3H. The third kappa shape index (κ3) is 1.35. The summed E-state index contributed by atoms with van der Waals surface area (Å²) in [5, 5.41) is 13.4. The van der Waals surface area contributed by atoms with Gasteiger partial charge in [0.05, 0.1) is 30.4 Å². The fourth-order valence-corrected chi connectivity index (χ4v) is 2.74. The molecule has 0 amide bonds. The molecule has 1 aromatic heterocycles. The summed E-state index contributed by atoms with van der Waals surface area (Å²) in [5.41, 5.74) is 0.0116. The van der Waals surface area contributed by atoms with Crippen LogP contribution in [-0.2, 0) is 0 Å². The molecule has 0 spiro atoms. The van der Waals surface area contributed by atoms with E-state index in [1.807, 2.05) is 0 Å². The van der Waals surface area contributed by atoms with Gasteiger partial charge in [0.15, 0.2) is 0 Å². The predicted molar refractivity (Wildman–Crippen MR) is 58.5 cm³/mol. The maximum atomic E-state index is 10.7. The zero-order valence-electron chi connectivity index (χ0n) is 6.66. The van der Waals surface area contributed by atoms with Gasteiger partial charge in [-0.2, -0.15) is 0 Å². The zero-order chi connectivity index (χ0) is 10.3. The van der Waals surface area contributed by atoms with Gasteiger partial charge in [-0.05, 0) is 12.1 Å². The third-order valence-electron chi connectivity index (χ3n) is 1.80. The molecule has 0 fully saturated rings. The number of thiophene rings is 1. The number of fused-ring (bicyclic) bond motifs is 1. The van der Waals surface area contributed by atoms with Gasteiger partial charge in [-0.1, -0.05) is 23.2 Å². The molecule has 2 aromatic rings. The van der Waals surface area contributed by atoms with Crippen molar-refractivity contribution in [1.82, 2.24) is 0 Å². The van der Waals surface area contributed by atoms with E-state index >= 15 is 0 Å². The zero-order valence-corrected chi connectivity index (χ0v) is 8.99. The highest BCUT2D eigenvalue weighted by molar-refractivity contribution is 7.18. The monoisotopic (exact) mass is 247 g/mol. The molecular formula is C8H3Cl2NO2S. The molecular weight excluding hydrogens is 245 g/mol. The molecule has 0 unspecified atom stereocenters. The van der Waals surface area contributed by atoms with Crippen LogP contribution in [-0.4, -0.2) is 4.92 Å². The quantitative estimate of drug-likeness (QED) is 0.562. The first-order valence-corrected chi connectivity index (χ1v) is 5.24. The van der Waals surface area contributed by atoms with E-state index in [0.717, 1.165) is 0 Å². The molecule has 0 saturated heterocycles. The van der Waals surface area contributed by atoms with Crippen LogP contribution in [0.15, 0.2) is 17.5 Å². The number of nitro groups is 1. The van der Waals surface area contributed by atoms with Gasteiger partial charge >= 0.3 is 0 Å². The Morgan fingerprint density at radius 1 is 1.29 bits per heavy atom. The van der Waals surface area contributed by atoms with E-state index in [1.54, 1.807) is 12.1 Å². The van der Waals surface area contributed by atoms with Crippen molar-refractivity contribution >= 4 is 50.3 Å². The summed E-state index contributed by atoms with van der Waals surface area (Å²) in [7, 11) is 0. The summed E-state index contributed by atoms with van der Waals surface area (Å²) < 4.78 is 0.658. The third-order valence-corrected chi connectivity index (χ3v) is 3.54. The number of benzene rings is 1. The summed E-state index contributed by atoms with van der Waals surface area (Å²) in [4.78, 5) is 10.2. The van der Waals surface area contributed by atoms with Gasteiger partial charge in [0.25, 0.3) is 5.69 Å². The molecule has 0 bridgehead atoms. The Bertz CT molecular complexity index is 523. The summed E-state index contributed by atoms with van der Waals surface area (Å²) >= 11 is 13.0. The maximum absolute atomic E-state index is 10.7. The van der Waals surface area contributed by atoms with E-state index in [9.17, 15) is 10.1 Å². The van der Waals surface area contributed by atoms with E-state index in [-0.39, 0.29) is 5.69 Å². The van der Waals surface area contributed by atoms with E-state index in [0.29, 0.717) is 20.1 Å². The van der Waals surface area contributed by atoms with Crippen LogP contribution >= 0.6 is 34.5 Å². The van der Waals surface area contributed by atoms with Gasteiger partial charge in [-0.25, -0.2) is 0 Å². The van der Waals surface area contributed by atoms with Crippen LogP contribution in [0.25, 0.3) is 10.1 Å². The minimum absolute atomic E-state index is 0.0116. The van der Waals surface area contributed by atoms with E-state index < -0.39 is 4.92 Å². The van der Waals surface area contributed by atoms with Crippen LogP contribution in [0.5, 0.6) is 0 Å². The van der Waals surface area contributed by atoms with Gasteiger partial charge in [0.1, 0.15) is 0 Å². The second kappa shape index (κ2) is 3.38. The lowest BCUT2D eigenvalue weighted by Crippen LogP contribution is -1.85. The molecule has 6 heteroatoms. The molecule has 14 heavy (non-hydrogen) atoms. The van der Waals surface area contributed by atoms with Crippen LogP contribution < -0.4 is 0 Å². The van der Waals surface area contributed by atoms with E-state index in [2.05, 4.69) is 0 Å². The Hall–Kier alpha value is -0.840. The molecule has 0 N–H and O–H groups in total. The predicted octanol–water partition coefficient (Wildman–Crippen LogP) is 4.12. The average Bonchev–Trinajstić information content (AvgIpc) is 2.56. The Balaban J connectivity index is 2.90. The SMILES string of the molecule is O=[N+]([O-])c1csc2c(Cl)ccc(Cl)c12. The molecule has 1 heterocycles. The fraction of sp³-hybridized carbons (Fsp3) is 0. The molecule has 72 valence electrons. The summed E-state index contributed by atoms with van der Waals surface area (Å²) in [6.07, 6.45) is 0. The molecule has 0 aliphatic rings. The minimum Gasteiger partial charge on any atom is -0.258 e. The molecule has 3 nitrogen and oxygen atoms in total. The van der Waals surface area contributed by atoms with Crippen molar-refractivity contribution in [3.8, 4) is 0 Å². The first kappa shape index (κ1) is 9.71. The Morgan fingerprint density at radius 3 is 2.57 bits per heavy atom. The minimum atomic E-state index is -0.457. The summed E-state index contributed by atoms with van der Waals surface area (Å²) in [6.45, 7) is 0. The van der Waals surface area contributed by atoms with Gasteiger partial charge in [-0.3, -0.25) is 10.1 Å². The normalized spacial score (nSPS) is 10.7. The maximum Gasteiger partial charge on any atom is 0.289 e. The first-order chi connectivity index (χ1) is 6.61. The fourth-order valence-electron chi connectivity index (χ4n) is 1.20. The number of nitrogens with zero attached hydrogens (tertiary/aromatic N) is 1. The lowest BCUT2D eigenvalue weighted by atomic mass is 10.2. The van der Waals surface area contributed by atoms with Crippen molar-refractivity contribution in [1.29, 1.82) is 0 Å². The smallest absolute Gasteiger partial charge is 0.258 e. The van der Waals surface area contributed by atoms with Crippen LogP contribution in [0, 0.1) is 10.1 Å². The van der Waals surface area contributed by atoms with E-state index in [1.165, 1.54) is 16.7 Å². The van der Waals surface area contributed by atoms with Crippen molar-refractivity contribution in [2.45, 2.75) is 0 Å². The lowest BCUT2D eigenvalue weighted by molar-refractivity contribution is -0.382. The molecule has 0 radical (unpaired) electrons. The highest BCUT2D eigenvalue weighted by Crippen LogP contribution is 2.40. The number of hydrogen-bond donors (Lipinski definition) is 0. The summed E-state index contributed by atoms with van der Waals surface area (Å²) in [6, 6.07) is 3.19. The van der Waals surface area contributed by atoms with Crippen LogP contribution in [0.3, 0.4) is 0 Å². The lowest BCUT2D eigenvalue weighted by Gasteiger charge is -1.95. The van der Waals surface area contributed by atoms with Crippen molar-refractivity contribution in [2.24, 2.45) is 0 Å². The van der Waals surface area contributed by atoms with Gasteiger partial charge in [-0.15, -0.1) is 11.3 Å². The molecule has 0 saturated carbocycles. The second-order valence-electron chi connectivity index (χ2n) is 2.61. The van der Waals surface area contributed by atoms with Crippen molar-refractivity contribution in [3.05, 3.63) is 37.7 Å². The molecule has 1 aromatic carbocycles. The highest BCUT2D eigenvalue weighted by Gasteiger charge is 2.18. The van der Waals surface area contributed by atoms with Crippen LogP contribution in [0.2, 0.25) is 10.0 Å². The van der Waals surface area contributed by atoms with Crippen LogP contribution in [0.4, 0.5) is 5.69 Å². The molecule has 0 aliphatic carbocycles. The second-order valence-corrected chi connectivity index (χ2v) is 4.31. The first-order valence-electron chi connectivity index (χ1n) is 3.61.